The highest BCUT2D eigenvalue weighted by Gasteiger charge is 2.24. The molecule has 7 nitrogen and oxygen atoms in total. The molecule has 2 heterocycles. The summed E-state index contributed by atoms with van der Waals surface area (Å²) in [5.74, 6) is 1.27. The number of hydrogen-bond donors (Lipinski definition) is 0. The molecule has 7 heteroatoms. The van der Waals surface area contributed by atoms with Gasteiger partial charge in [0.2, 0.25) is 5.89 Å². The van der Waals surface area contributed by atoms with Gasteiger partial charge in [0.1, 0.15) is 5.60 Å². The minimum Gasteiger partial charge on any atom is -0.444 e. The van der Waals surface area contributed by atoms with Crippen molar-refractivity contribution in [2.75, 3.05) is 26.2 Å². The molecule has 1 aromatic heterocycles. The maximum absolute atomic E-state index is 12.1. The number of carbonyl (C=O) groups is 1. The van der Waals surface area contributed by atoms with Crippen molar-refractivity contribution in [3.63, 3.8) is 0 Å². The van der Waals surface area contributed by atoms with Crippen molar-refractivity contribution in [1.82, 2.24) is 19.9 Å². The molecule has 1 aliphatic heterocycles. The van der Waals surface area contributed by atoms with Gasteiger partial charge in [-0.2, -0.15) is 4.98 Å². The lowest BCUT2D eigenvalue weighted by Crippen LogP contribution is -2.39. The highest BCUT2D eigenvalue weighted by atomic mass is 16.6. The van der Waals surface area contributed by atoms with Gasteiger partial charge in [0.25, 0.3) is 0 Å². The number of amides is 1. The fraction of sp³-hybridized carbons (Fsp3) is 0.786. The quantitative estimate of drug-likeness (QED) is 0.829. The van der Waals surface area contributed by atoms with Crippen molar-refractivity contribution in [1.29, 1.82) is 0 Å². The first-order valence-electron chi connectivity index (χ1n) is 7.33. The van der Waals surface area contributed by atoms with Crippen LogP contribution in [0.1, 0.15) is 38.9 Å². The van der Waals surface area contributed by atoms with Gasteiger partial charge in [-0.05, 0) is 34.1 Å². The Kier molecular flexibility index (Phi) is 4.82. The first-order chi connectivity index (χ1) is 9.83. The van der Waals surface area contributed by atoms with Crippen molar-refractivity contribution in [2.24, 2.45) is 0 Å². The van der Waals surface area contributed by atoms with Crippen LogP contribution in [0.5, 0.6) is 0 Å². The van der Waals surface area contributed by atoms with Gasteiger partial charge in [-0.15, -0.1) is 0 Å². The summed E-state index contributed by atoms with van der Waals surface area (Å²) in [5.41, 5.74) is -0.454. The molecule has 1 aliphatic rings. The van der Waals surface area contributed by atoms with E-state index in [1.807, 2.05) is 20.8 Å². The van der Waals surface area contributed by atoms with Crippen LogP contribution in [0.15, 0.2) is 4.52 Å². The van der Waals surface area contributed by atoms with E-state index in [1.165, 1.54) is 0 Å². The molecule has 1 fully saturated rings. The van der Waals surface area contributed by atoms with Crippen LogP contribution < -0.4 is 0 Å². The van der Waals surface area contributed by atoms with Crippen molar-refractivity contribution in [3.8, 4) is 0 Å². The summed E-state index contributed by atoms with van der Waals surface area (Å²) in [7, 11) is 0. The summed E-state index contributed by atoms with van der Waals surface area (Å²) in [4.78, 5) is 20.3. The molecule has 0 bridgehead atoms. The lowest BCUT2D eigenvalue weighted by Gasteiger charge is -2.26. The summed E-state index contributed by atoms with van der Waals surface area (Å²) in [5, 5.41) is 3.79. The Bertz CT molecular complexity index is 481. The molecule has 0 radical (unpaired) electrons. The lowest BCUT2D eigenvalue weighted by atomic mass is 10.2. The second kappa shape index (κ2) is 6.43. The topological polar surface area (TPSA) is 71.7 Å². The zero-order valence-corrected chi connectivity index (χ0v) is 13.3. The average Bonchev–Trinajstić information content (AvgIpc) is 2.62. The Labute approximate surface area is 125 Å². The van der Waals surface area contributed by atoms with Crippen molar-refractivity contribution < 1.29 is 14.1 Å². The molecule has 1 aromatic rings. The van der Waals surface area contributed by atoms with Gasteiger partial charge in [0.15, 0.2) is 5.82 Å². The van der Waals surface area contributed by atoms with E-state index >= 15 is 0 Å². The molecule has 0 aliphatic carbocycles. The van der Waals surface area contributed by atoms with Crippen molar-refractivity contribution in [3.05, 3.63) is 11.7 Å². The van der Waals surface area contributed by atoms with Gasteiger partial charge in [0.05, 0.1) is 6.54 Å². The molecule has 0 aromatic carbocycles. The summed E-state index contributed by atoms with van der Waals surface area (Å²) in [6.07, 6.45) is 0.671. The summed E-state index contributed by atoms with van der Waals surface area (Å²) >= 11 is 0. The second-order valence-electron chi connectivity index (χ2n) is 6.33. The van der Waals surface area contributed by atoms with Crippen LogP contribution in [-0.4, -0.2) is 57.8 Å². The number of rotatable bonds is 2. The first-order valence-corrected chi connectivity index (χ1v) is 7.33. The minimum atomic E-state index is -0.454. The Hall–Kier alpha value is -1.63. The standard InChI is InChI=1S/C14H24N4O3/c1-11-15-12(21-16-11)10-17-6-5-7-18(9-8-17)13(19)20-14(2,3)4/h5-10H2,1-4H3. The zero-order valence-electron chi connectivity index (χ0n) is 13.3. The Balaban J connectivity index is 1.85. The third kappa shape index (κ3) is 5.00. The molecular formula is C14H24N4O3. The predicted octanol–water partition coefficient (Wildman–Crippen LogP) is 1.82. The average molecular weight is 296 g/mol. The van der Waals surface area contributed by atoms with E-state index in [-0.39, 0.29) is 6.09 Å². The Morgan fingerprint density at radius 3 is 2.67 bits per heavy atom. The summed E-state index contributed by atoms with van der Waals surface area (Å²) in [6.45, 7) is 11.1. The van der Waals surface area contributed by atoms with Crippen LogP contribution in [0.25, 0.3) is 0 Å². The largest absolute Gasteiger partial charge is 0.444 e. The van der Waals surface area contributed by atoms with Crippen molar-refractivity contribution in [2.45, 2.75) is 46.3 Å². The smallest absolute Gasteiger partial charge is 0.410 e. The van der Waals surface area contributed by atoms with Gasteiger partial charge in [-0.3, -0.25) is 4.90 Å². The van der Waals surface area contributed by atoms with Gasteiger partial charge >= 0.3 is 6.09 Å². The van der Waals surface area contributed by atoms with E-state index in [9.17, 15) is 4.79 Å². The van der Waals surface area contributed by atoms with E-state index in [0.717, 1.165) is 19.5 Å². The van der Waals surface area contributed by atoms with E-state index in [0.29, 0.717) is 31.3 Å². The monoisotopic (exact) mass is 296 g/mol. The maximum atomic E-state index is 12.1. The van der Waals surface area contributed by atoms with Crippen LogP contribution in [0.4, 0.5) is 4.79 Å². The molecule has 2 rings (SSSR count). The minimum absolute atomic E-state index is 0.238. The molecular weight excluding hydrogens is 272 g/mol. The molecule has 21 heavy (non-hydrogen) atoms. The van der Waals surface area contributed by atoms with Crippen LogP contribution in [0, 0.1) is 6.92 Å². The molecule has 0 unspecified atom stereocenters. The third-order valence-corrected chi connectivity index (χ3v) is 3.17. The highest BCUT2D eigenvalue weighted by Crippen LogP contribution is 2.13. The predicted molar refractivity (Wildman–Crippen MR) is 76.7 cm³/mol. The third-order valence-electron chi connectivity index (χ3n) is 3.17. The van der Waals surface area contributed by atoms with E-state index in [1.54, 1.807) is 11.8 Å². The number of aromatic nitrogens is 2. The number of nitrogens with zero attached hydrogens (tertiary/aromatic N) is 4. The normalized spacial score (nSPS) is 17.6. The SMILES string of the molecule is Cc1noc(CN2CCCN(C(=O)OC(C)(C)C)CC2)n1. The molecule has 0 atom stereocenters. The zero-order chi connectivity index (χ0) is 15.5. The Morgan fingerprint density at radius 1 is 1.29 bits per heavy atom. The molecule has 118 valence electrons. The molecule has 0 saturated carbocycles. The fourth-order valence-electron chi connectivity index (χ4n) is 2.23. The maximum Gasteiger partial charge on any atom is 0.410 e. The van der Waals surface area contributed by atoms with Crippen LogP contribution in [0.2, 0.25) is 0 Å². The highest BCUT2D eigenvalue weighted by molar-refractivity contribution is 5.68. The van der Waals surface area contributed by atoms with E-state index in [2.05, 4.69) is 15.0 Å². The van der Waals surface area contributed by atoms with Crippen LogP contribution >= 0.6 is 0 Å². The number of hydrogen-bond acceptors (Lipinski definition) is 6. The molecule has 0 spiro atoms. The van der Waals surface area contributed by atoms with Gasteiger partial charge < -0.3 is 14.2 Å². The molecule has 0 N–H and O–H groups in total. The van der Waals surface area contributed by atoms with Crippen molar-refractivity contribution >= 4 is 6.09 Å². The van der Waals surface area contributed by atoms with Gasteiger partial charge in [0, 0.05) is 26.2 Å². The van der Waals surface area contributed by atoms with Crippen LogP contribution in [-0.2, 0) is 11.3 Å². The van der Waals surface area contributed by atoms with E-state index < -0.39 is 5.60 Å². The lowest BCUT2D eigenvalue weighted by molar-refractivity contribution is 0.0257. The summed E-state index contributed by atoms with van der Waals surface area (Å²) < 4.78 is 10.6. The fourth-order valence-corrected chi connectivity index (χ4v) is 2.23. The van der Waals surface area contributed by atoms with Gasteiger partial charge in [-0.25, -0.2) is 4.79 Å². The molecule has 1 amide bonds. The second-order valence-corrected chi connectivity index (χ2v) is 6.33. The summed E-state index contributed by atoms with van der Waals surface area (Å²) in [6, 6.07) is 0. The van der Waals surface area contributed by atoms with E-state index in [4.69, 9.17) is 9.26 Å². The van der Waals surface area contributed by atoms with Crippen LogP contribution in [0.3, 0.4) is 0 Å². The number of carbonyl (C=O) groups excluding carboxylic acids is 1. The Morgan fingerprint density at radius 2 is 2.05 bits per heavy atom. The molecule has 1 saturated heterocycles. The number of ether oxygens (including phenoxy) is 1. The van der Waals surface area contributed by atoms with Gasteiger partial charge in [-0.1, -0.05) is 5.16 Å². The first kappa shape index (κ1) is 15.8. The number of aryl methyl sites for hydroxylation is 1.